The lowest BCUT2D eigenvalue weighted by Gasteiger charge is -2.37. The van der Waals surface area contributed by atoms with E-state index in [0.717, 1.165) is 44.6 Å². The molecule has 1 aliphatic heterocycles. The van der Waals surface area contributed by atoms with Crippen molar-refractivity contribution >= 4 is 38.5 Å². The third-order valence-corrected chi connectivity index (χ3v) is 10.6. The summed E-state index contributed by atoms with van der Waals surface area (Å²) >= 11 is 0. The zero-order chi connectivity index (χ0) is 37.6. The van der Waals surface area contributed by atoms with E-state index in [4.69, 9.17) is 14.5 Å². The summed E-state index contributed by atoms with van der Waals surface area (Å²) in [5.74, 6) is -2.43. The second-order valence-electron chi connectivity index (χ2n) is 14.0. The van der Waals surface area contributed by atoms with Gasteiger partial charge in [0.2, 0.25) is 10.0 Å². The summed E-state index contributed by atoms with van der Waals surface area (Å²) in [6, 6.07) is 5.86. The van der Waals surface area contributed by atoms with E-state index in [9.17, 15) is 18.3 Å². The molecular formula is C36H47F2N7O6S. The topological polar surface area (TPSA) is 152 Å². The fourth-order valence-electron chi connectivity index (χ4n) is 6.38. The van der Waals surface area contributed by atoms with Gasteiger partial charge in [-0.2, -0.15) is 0 Å². The van der Waals surface area contributed by atoms with Crippen LogP contribution in [0.3, 0.4) is 0 Å². The van der Waals surface area contributed by atoms with Gasteiger partial charge < -0.3 is 28.9 Å². The molecule has 282 valence electrons. The number of hydrogen-bond acceptors (Lipinski definition) is 10. The number of halogens is 2. The summed E-state index contributed by atoms with van der Waals surface area (Å²) in [6.07, 6.45) is 7.33. The molecule has 2 N–H and O–H groups in total. The third-order valence-electron chi connectivity index (χ3n) is 9.09. The molecule has 4 aromatic rings. The maximum Gasteiger partial charge on any atom is 0.333 e. The monoisotopic (exact) mass is 743 g/mol. The van der Waals surface area contributed by atoms with Gasteiger partial charge in [0.15, 0.2) is 11.9 Å². The fraction of sp³-hybridized carbons (Fsp3) is 0.500. The number of hydrogen-bond donors (Lipinski definition) is 2. The predicted molar refractivity (Wildman–Crippen MR) is 195 cm³/mol. The molecular weight excluding hydrogens is 697 g/mol. The maximum absolute atomic E-state index is 16.0. The normalized spacial score (nSPS) is 15.2. The van der Waals surface area contributed by atoms with E-state index in [1.165, 1.54) is 10.9 Å². The number of aliphatic carboxylic acids is 1. The lowest BCUT2D eigenvalue weighted by molar-refractivity contribution is -0.159. The van der Waals surface area contributed by atoms with Gasteiger partial charge in [0, 0.05) is 62.4 Å². The molecule has 0 spiro atoms. The van der Waals surface area contributed by atoms with Gasteiger partial charge >= 0.3 is 5.97 Å². The van der Waals surface area contributed by atoms with Crippen molar-refractivity contribution in [1.82, 2.24) is 24.4 Å². The molecule has 0 aliphatic carbocycles. The highest BCUT2D eigenvalue weighted by molar-refractivity contribution is 7.92. The molecule has 16 heteroatoms. The summed E-state index contributed by atoms with van der Waals surface area (Å²) in [5.41, 5.74) is 0.741. The average Bonchev–Trinajstić information content (AvgIpc) is 3.47. The molecule has 3 aromatic heterocycles. The first-order chi connectivity index (χ1) is 24.7. The van der Waals surface area contributed by atoms with Crippen molar-refractivity contribution < 1.29 is 36.6 Å². The fourth-order valence-corrected chi connectivity index (χ4v) is 7.51. The lowest BCUT2D eigenvalue weighted by atomic mass is 9.89. The van der Waals surface area contributed by atoms with Crippen LogP contribution in [0.2, 0.25) is 0 Å². The summed E-state index contributed by atoms with van der Waals surface area (Å²) in [6.45, 7) is 10.6. The number of ether oxygens (including phenoxy) is 2. The molecule has 1 fully saturated rings. The second kappa shape index (κ2) is 16.6. The van der Waals surface area contributed by atoms with Gasteiger partial charge in [-0.25, -0.2) is 36.9 Å². The van der Waals surface area contributed by atoms with Gasteiger partial charge in [-0.3, -0.25) is 4.72 Å². The number of benzene rings is 1. The highest BCUT2D eigenvalue weighted by Gasteiger charge is 2.32. The zero-order valence-corrected chi connectivity index (χ0v) is 31.0. The molecule has 1 aliphatic rings. The van der Waals surface area contributed by atoms with Crippen molar-refractivity contribution in [3.05, 3.63) is 60.8 Å². The average molecular weight is 744 g/mol. The largest absolute Gasteiger partial charge is 0.479 e. The van der Waals surface area contributed by atoms with E-state index in [-0.39, 0.29) is 24.1 Å². The number of carbonyl (C=O) groups is 1. The van der Waals surface area contributed by atoms with Crippen LogP contribution in [0.15, 0.2) is 49.2 Å². The third kappa shape index (κ3) is 9.21. The van der Waals surface area contributed by atoms with Crippen molar-refractivity contribution in [3.63, 3.8) is 0 Å². The van der Waals surface area contributed by atoms with Gasteiger partial charge in [-0.1, -0.05) is 27.7 Å². The standard InChI is InChI=1S/C36H47F2N7O6S/c1-6-19-52(48,49)42-28-8-7-27(37)33(31(28)38)45-22-26(24-20-39-23-40-21-24)32-29(45)9-10-30(41-32)43(5)25-11-13-44(14-12-25)15-16-50-17-18-51-34(35(46)47)36(2,3)4/h7-10,20-23,25,34,42H,6,11-19H2,1-5H3,(H,46,47). The molecule has 0 radical (unpaired) electrons. The summed E-state index contributed by atoms with van der Waals surface area (Å²) in [4.78, 5) is 29.2. The van der Waals surface area contributed by atoms with Gasteiger partial charge in [0.1, 0.15) is 23.6 Å². The first kappa shape index (κ1) is 39.0. The molecule has 5 rings (SSSR count). The number of aromatic nitrogens is 4. The van der Waals surface area contributed by atoms with Crippen LogP contribution in [-0.2, 0) is 24.3 Å². The van der Waals surface area contributed by atoms with E-state index in [0.29, 0.717) is 47.6 Å². The Labute approximate surface area is 303 Å². The number of nitrogens with zero attached hydrogens (tertiary/aromatic N) is 6. The number of nitrogens with one attached hydrogen (secondary N) is 1. The Morgan fingerprint density at radius 2 is 1.81 bits per heavy atom. The zero-order valence-electron chi connectivity index (χ0n) is 30.2. The van der Waals surface area contributed by atoms with Gasteiger partial charge in [-0.05, 0) is 48.9 Å². The molecule has 0 bridgehead atoms. The van der Waals surface area contributed by atoms with Gasteiger partial charge in [-0.15, -0.1) is 0 Å². The summed E-state index contributed by atoms with van der Waals surface area (Å²) in [7, 11) is -1.85. The number of carboxylic acid groups (broad SMARTS) is 1. The predicted octanol–water partition coefficient (Wildman–Crippen LogP) is 5.35. The number of likely N-dealkylation sites (tertiary alicyclic amines) is 1. The Morgan fingerprint density at radius 3 is 2.46 bits per heavy atom. The maximum atomic E-state index is 16.0. The highest BCUT2D eigenvalue weighted by Crippen LogP contribution is 2.36. The molecule has 52 heavy (non-hydrogen) atoms. The van der Waals surface area contributed by atoms with Crippen LogP contribution >= 0.6 is 0 Å². The molecule has 13 nitrogen and oxygen atoms in total. The molecule has 1 atom stereocenters. The smallest absolute Gasteiger partial charge is 0.333 e. The van der Waals surface area contributed by atoms with Crippen molar-refractivity contribution in [2.24, 2.45) is 5.41 Å². The Balaban J connectivity index is 1.29. The van der Waals surface area contributed by atoms with Crippen LogP contribution in [0, 0.1) is 17.0 Å². The summed E-state index contributed by atoms with van der Waals surface area (Å²) < 4.78 is 71.1. The minimum Gasteiger partial charge on any atom is -0.479 e. The lowest BCUT2D eigenvalue weighted by Crippen LogP contribution is -2.44. The molecule has 1 saturated heterocycles. The van der Waals surface area contributed by atoms with Crippen LogP contribution in [-0.4, -0.2) is 108 Å². The minimum absolute atomic E-state index is 0.189. The Morgan fingerprint density at radius 1 is 1.10 bits per heavy atom. The first-order valence-corrected chi connectivity index (χ1v) is 19.0. The van der Waals surface area contributed by atoms with Crippen LogP contribution in [0.1, 0.15) is 47.0 Å². The van der Waals surface area contributed by atoms with Crippen molar-refractivity contribution in [1.29, 1.82) is 0 Å². The van der Waals surface area contributed by atoms with E-state index in [1.54, 1.807) is 31.6 Å². The summed E-state index contributed by atoms with van der Waals surface area (Å²) in [5, 5.41) is 9.41. The Hall–Kier alpha value is -4.25. The minimum atomic E-state index is -3.83. The molecule has 1 aromatic carbocycles. The molecule has 0 saturated carbocycles. The van der Waals surface area contributed by atoms with Crippen LogP contribution in [0.5, 0.6) is 0 Å². The van der Waals surface area contributed by atoms with Crippen molar-refractivity contribution in [3.8, 4) is 16.8 Å². The number of fused-ring (bicyclic) bond motifs is 1. The molecule has 0 amide bonds. The van der Waals surface area contributed by atoms with Gasteiger partial charge in [0.25, 0.3) is 0 Å². The molecule has 1 unspecified atom stereocenters. The Bertz CT molecular complexity index is 1950. The van der Waals surface area contributed by atoms with E-state index >= 15 is 8.78 Å². The number of piperidine rings is 1. The van der Waals surface area contributed by atoms with Crippen molar-refractivity contribution in [2.75, 3.05) is 61.9 Å². The van der Waals surface area contributed by atoms with Crippen LogP contribution in [0.4, 0.5) is 20.3 Å². The van der Waals surface area contributed by atoms with Crippen molar-refractivity contribution in [2.45, 2.75) is 59.1 Å². The van der Waals surface area contributed by atoms with Gasteiger partial charge in [0.05, 0.1) is 42.3 Å². The van der Waals surface area contributed by atoms with E-state index < -0.39 is 44.8 Å². The van der Waals surface area contributed by atoms with Crippen LogP contribution < -0.4 is 9.62 Å². The molecule has 4 heterocycles. The number of pyridine rings is 1. The number of rotatable bonds is 16. The number of carboxylic acids is 1. The van der Waals surface area contributed by atoms with Crippen LogP contribution in [0.25, 0.3) is 27.8 Å². The SMILES string of the molecule is CCCS(=O)(=O)Nc1ccc(F)c(-n2cc(-c3cncnc3)c3nc(N(C)C4CCN(CCOCCOC(C(=O)O)C(C)(C)C)CC4)ccc32)c1F. The first-order valence-electron chi connectivity index (χ1n) is 17.3. The highest BCUT2D eigenvalue weighted by atomic mass is 32.2. The second-order valence-corrected chi connectivity index (χ2v) is 15.8. The number of anilines is 2. The number of sulfonamides is 1. The van der Waals surface area contributed by atoms with E-state index in [1.807, 2.05) is 33.9 Å². The van der Waals surface area contributed by atoms with E-state index in [2.05, 4.69) is 24.5 Å². The quantitative estimate of drug-likeness (QED) is 0.143. The Kier molecular flexibility index (Phi) is 12.4.